The summed E-state index contributed by atoms with van der Waals surface area (Å²) in [5.41, 5.74) is 0.181. The highest BCUT2D eigenvalue weighted by Crippen LogP contribution is 2.15. The van der Waals surface area contributed by atoms with E-state index in [9.17, 15) is 13.2 Å². The standard InChI is InChI=1S/C11H15N5O4S/c1-3-15-6-10(13-8(15)2)21(19,20)14-9-4-12-16(5-9)7-11(17)18/h4-6,14H,3,7H2,1-2H3,(H,17,18). The highest BCUT2D eigenvalue weighted by atomic mass is 32.2. The third kappa shape index (κ3) is 3.40. The van der Waals surface area contributed by atoms with Crippen LogP contribution in [0.15, 0.2) is 23.6 Å². The summed E-state index contributed by atoms with van der Waals surface area (Å²) in [6, 6.07) is 0. The summed E-state index contributed by atoms with van der Waals surface area (Å²) in [7, 11) is -3.82. The molecule has 2 rings (SSSR count). The maximum atomic E-state index is 12.2. The summed E-state index contributed by atoms with van der Waals surface area (Å²) in [6.07, 6.45) is 3.98. The van der Waals surface area contributed by atoms with Crippen molar-refractivity contribution in [3.8, 4) is 0 Å². The molecule has 2 N–H and O–H groups in total. The summed E-state index contributed by atoms with van der Waals surface area (Å²) in [4.78, 5) is 14.5. The fraction of sp³-hybridized carbons (Fsp3) is 0.364. The smallest absolute Gasteiger partial charge is 0.325 e. The van der Waals surface area contributed by atoms with Crippen LogP contribution in [-0.4, -0.2) is 38.8 Å². The lowest BCUT2D eigenvalue weighted by atomic mass is 10.6. The van der Waals surface area contributed by atoms with Gasteiger partial charge in [0, 0.05) is 18.9 Å². The van der Waals surface area contributed by atoms with E-state index < -0.39 is 16.0 Å². The first-order chi connectivity index (χ1) is 9.81. The van der Waals surface area contributed by atoms with Crippen LogP contribution in [0.3, 0.4) is 0 Å². The molecule has 0 aliphatic carbocycles. The number of hydrogen-bond acceptors (Lipinski definition) is 5. The van der Waals surface area contributed by atoms with Crippen LogP contribution in [0, 0.1) is 6.92 Å². The highest BCUT2D eigenvalue weighted by Gasteiger charge is 2.19. The quantitative estimate of drug-likeness (QED) is 0.791. The zero-order valence-corrected chi connectivity index (χ0v) is 12.3. The fourth-order valence-corrected chi connectivity index (χ4v) is 2.82. The Morgan fingerprint density at radius 2 is 2.14 bits per heavy atom. The number of aliphatic carboxylic acids is 1. The molecule has 0 aliphatic heterocycles. The van der Waals surface area contributed by atoms with Crippen molar-refractivity contribution < 1.29 is 18.3 Å². The van der Waals surface area contributed by atoms with Gasteiger partial charge in [-0.25, -0.2) is 4.98 Å². The van der Waals surface area contributed by atoms with E-state index in [-0.39, 0.29) is 17.3 Å². The summed E-state index contributed by atoms with van der Waals surface area (Å²) < 4.78 is 29.5. The Hall–Kier alpha value is -2.36. The van der Waals surface area contributed by atoms with Crippen molar-refractivity contribution in [2.24, 2.45) is 0 Å². The minimum absolute atomic E-state index is 0.0900. The first-order valence-corrected chi connectivity index (χ1v) is 7.61. The molecular formula is C11H15N5O4S. The van der Waals surface area contributed by atoms with Gasteiger partial charge in [0.1, 0.15) is 12.4 Å². The van der Waals surface area contributed by atoms with Gasteiger partial charge in [0.15, 0.2) is 5.03 Å². The van der Waals surface area contributed by atoms with Crippen molar-refractivity contribution in [3.05, 3.63) is 24.4 Å². The second-order valence-corrected chi connectivity index (χ2v) is 5.97. The number of nitrogens with one attached hydrogen (secondary N) is 1. The molecular weight excluding hydrogens is 298 g/mol. The van der Waals surface area contributed by atoms with Crippen LogP contribution in [0.4, 0.5) is 5.69 Å². The summed E-state index contributed by atoms with van der Waals surface area (Å²) in [6.45, 7) is 3.87. The SMILES string of the molecule is CCn1cc(S(=O)(=O)Nc2cnn(CC(=O)O)c2)nc1C. The number of aromatic nitrogens is 4. The Bertz CT molecular complexity index is 761. The zero-order chi connectivity index (χ0) is 15.6. The molecule has 0 aliphatic rings. The van der Waals surface area contributed by atoms with Gasteiger partial charge in [-0.15, -0.1) is 0 Å². The topological polar surface area (TPSA) is 119 Å². The fourth-order valence-electron chi connectivity index (χ4n) is 1.78. The van der Waals surface area contributed by atoms with Crippen molar-refractivity contribution in [2.75, 3.05) is 4.72 Å². The van der Waals surface area contributed by atoms with Crippen molar-refractivity contribution in [1.82, 2.24) is 19.3 Å². The van der Waals surface area contributed by atoms with E-state index in [4.69, 9.17) is 5.11 Å². The molecule has 0 atom stereocenters. The molecule has 0 spiro atoms. The van der Waals surface area contributed by atoms with E-state index >= 15 is 0 Å². The van der Waals surface area contributed by atoms with Gasteiger partial charge in [0.25, 0.3) is 10.0 Å². The molecule has 2 heterocycles. The molecule has 0 amide bonds. The molecule has 0 aromatic carbocycles. The minimum Gasteiger partial charge on any atom is -0.480 e. The minimum atomic E-state index is -3.82. The van der Waals surface area contributed by atoms with Gasteiger partial charge >= 0.3 is 5.97 Å². The van der Waals surface area contributed by atoms with E-state index in [1.807, 2.05) is 6.92 Å². The van der Waals surface area contributed by atoms with Gasteiger partial charge in [-0.05, 0) is 13.8 Å². The number of hydrogen-bond donors (Lipinski definition) is 2. The van der Waals surface area contributed by atoms with Crippen LogP contribution in [0.25, 0.3) is 0 Å². The van der Waals surface area contributed by atoms with Gasteiger partial charge in [-0.2, -0.15) is 13.5 Å². The molecule has 21 heavy (non-hydrogen) atoms. The number of sulfonamides is 1. The predicted octanol–water partition coefficient (Wildman–Crippen LogP) is 0.293. The molecule has 0 radical (unpaired) electrons. The Morgan fingerprint density at radius 1 is 1.43 bits per heavy atom. The lowest BCUT2D eigenvalue weighted by Gasteiger charge is -2.02. The molecule has 9 nitrogen and oxygen atoms in total. The summed E-state index contributed by atoms with van der Waals surface area (Å²) in [5.74, 6) is -0.468. The second kappa shape index (κ2) is 5.56. The Morgan fingerprint density at radius 3 is 2.71 bits per heavy atom. The summed E-state index contributed by atoms with van der Waals surface area (Å²) in [5, 5.41) is 12.3. The lowest BCUT2D eigenvalue weighted by Crippen LogP contribution is -2.13. The van der Waals surface area contributed by atoms with E-state index in [2.05, 4.69) is 14.8 Å². The van der Waals surface area contributed by atoms with E-state index in [1.165, 1.54) is 18.6 Å². The number of carboxylic acids is 1. The molecule has 114 valence electrons. The van der Waals surface area contributed by atoms with Crippen LogP contribution in [-0.2, 0) is 27.9 Å². The van der Waals surface area contributed by atoms with Crippen LogP contribution in [0.1, 0.15) is 12.7 Å². The number of rotatable bonds is 6. The zero-order valence-electron chi connectivity index (χ0n) is 11.5. The van der Waals surface area contributed by atoms with Crippen LogP contribution < -0.4 is 4.72 Å². The van der Waals surface area contributed by atoms with E-state index in [1.54, 1.807) is 11.5 Å². The highest BCUT2D eigenvalue weighted by molar-refractivity contribution is 7.92. The van der Waals surface area contributed by atoms with E-state index in [0.29, 0.717) is 12.4 Å². The predicted molar refractivity (Wildman–Crippen MR) is 73.3 cm³/mol. The number of carbonyl (C=O) groups is 1. The Labute approximate surface area is 121 Å². The molecule has 0 bridgehead atoms. The van der Waals surface area contributed by atoms with Crippen LogP contribution in [0.5, 0.6) is 0 Å². The molecule has 10 heteroatoms. The first kappa shape index (κ1) is 15.0. The molecule has 2 aromatic heterocycles. The van der Waals surface area contributed by atoms with Crippen molar-refractivity contribution >= 4 is 21.7 Å². The molecule has 0 unspecified atom stereocenters. The lowest BCUT2D eigenvalue weighted by molar-refractivity contribution is -0.137. The Balaban J connectivity index is 2.20. The molecule has 0 saturated heterocycles. The number of imidazole rings is 1. The summed E-state index contributed by atoms with van der Waals surface area (Å²) >= 11 is 0. The third-order valence-corrected chi connectivity index (χ3v) is 4.00. The number of nitrogens with zero attached hydrogens (tertiary/aromatic N) is 4. The maximum absolute atomic E-state index is 12.2. The first-order valence-electron chi connectivity index (χ1n) is 6.12. The number of anilines is 1. The molecule has 2 aromatic rings. The van der Waals surface area contributed by atoms with Gasteiger partial charge < -0.3 is 9.67 Å². The molecule has 0 fully saturated rings. The van der Waals surface area contributed by atoms with Gasteiger partial charge in [0.05, 0.1) is 11.9 Å². The average Bonchev–Trinajstić information content (AvgIpc) is 2.95. The van der Waals surface area contributed by atoms with Crippen molar-refractivity contribution in [1.29, 1.82) is 0 Å². The number of aryl methyl sites for hydroxylation is 2. The van der Waals surface area contributed by atoms with Crippen LogP contribution in [0.2, 0.25) is 0 Å². The monoisotopic (exact) mass is 313 g/mol. The maximum Gasteiger partial charge on any atom is 0.325 e. The second-order valence-electron chi connectivity index (χ2n) is 4.34. The molecule has 0 saturated carbocycles. The normalized spacial score (nSPS) is 11.5. The van der Waals surface area contributed by atoms with Gasteiger partial charge in [-0.3, -0.25) is 14.2 Å². The van der Waals surface area contributed by atoms with E-state index in [0.717, 1.165) is 4.68 Å². The van der Waals surface area contributed by atoms with Gasteiger partial charge in [0.2, 0.25) is 0 Å². The van der Waals surface area contributed by atoms with Gasteiger partial charge in [-0.1, -0.05) is 0 Å². The third-order valence-electron chi connectivity index (χ3n) is 2.75. The largest absolute Gasteiger partial charge is 0.480 e. The van der Waals surface area contributed by atoms with Crippen LogP contribution >= 0.6 is 0 Å². The average molecular weight is 313 g/mol. The van der Waals surface area contributed by atoms with Crippen molar-refractivity contribution in [2.45, 2.75) is 32.0 Å². The Kier molecular flexibility index (Phi) is 3.98. The van der Waals surface area contributed by atoms with Crippen molar-refractivity contribution in [3.63, 3.8) is 0 Å². The number of carboxylic acid groups (broad SMARTS) is 1.